The molecule has 0 unspecified atom stereocenters. The van der Waals surface area contributed by atoms with E-state index < -0.39 is 41.6 Å². The number of carbonyl (C=O) groups is 3. The van der Waals surface area contributed by atoms with Crippen LogP contribution in [0.3, 0.4) is 0 Å². The van der Waals surface area contributed by atoms with Crippen molar-refractivity contribution in [3.05, 3.63) is 28.0 Å². The predicted molar refractivity (Wildman–Crippen MR) is 94.2 cm³/mol. The maximum Gasteiger partial charge on any atom is 0.328 e. The molecular formula is C16H12ClFN4O5S. The van der Waals surface area contributed by atoms with Crippen LogP contribution in [0.15, 0.2) is 12.1 Å². The summed E-state index contributed by atoms with van der Waals surface area (Å²) in [6.45, 7) is -0.717. The summed E-state index contributed by atoms with van der Waals surface area (Å²) in [4.78, 5) is 38.0. The molecule has 2 N–H and O–H groups in total. The van der Waals surface area contributed by atoms with E-state index >= 15 is 0 Å². The van der Waals surface area contributed by atoms with Gasteiger partial charge in [-0.2, -0.15) is 0 Å². The number of aromatic hydroxyl groups is 1. The van der Waals surface area contributed by atoms with Gasteiger partial charge in [-0.05, 0) is 25.0 Å². The van der Waals surface area contributed by atoms with Crippen LogP contribution in [-0.2, 0) is 16.1 Å². The topological polar surface area (TPSA) is 124 Å². The van der Waals surface area contributed by atoms with E-state index in [9.17, 15) is 23.9 Å². The number of phenolic OH excluding ortho intramolecular Hbond substituents is 1. The van der Waals surface area contributed by atoms with Crippen molar-refractivity contribution in [2.75, 3.05) is 6.54 Å². The van der Waals surface area contributed by atoms with Gasteiger partial charge in [-0.3, -0.25) is 14.5 Å². The van der Waals surface area contributed by atoms with Crippen LogP contribution >= 0.6 is 22.9 Å². The van der Waals surface area contributed by atoms with Crippen molar-refractivity contribution in [1.82, 2.24) is 20.0 Å². The van der Waals surface area contributed by atoms with Gasteiger partial charge in [0, 0.05) is 5.56 Å². The molecule has 0 atom stereocenters. The summed E-state index contributed by atoms with van der Waals surface area (Å²) in [7, 11) is 0. The third kappa shape index (κ3) is 2.78. The smallest absolute Gasteiger partial charge is 0.328 e. The molecule has 1 aliphatic carbocycles. The normalized spacial score (nSPS) is 17.6. The maximum absolute atomic E-state index is 13.4. The first kappa shape index (κ1) is 18.6. The van der Waals surface area contributed by atoms with Crippen LogP contribution in [0.1, 0.15) is 17.8 Å². The van der Waals surface area contributed by atoms with Gasteiger partial charge in [-0.1, -0.05) is 22.9 Å². The Hall–Kier alpha value is -2.79. The Morgan fingerprint density at radius 3 is 2.68 bits per heavy atom. The number of phenols is 1. The summed E-state index contributed by atoms with van der Waals surface area (Å²) in [5, 5.41) is 27.0. The summed E-state index contributed by atoms with van der Waals surface area (Å²) in [6.07, 6.45) is 0.911. The fourth-order valence-corrected chi connectivity index (χ4v) is 4.30. The van der Waals surface area contributed by atoms with Gasteiger partial charge < -0.3 is 15.1 Å². The van der Waals surface area contributed by atoms with Gasteiger partial charge in [0.2, 0.25) is 0 Å². The minimum atomic E-state index is -1.27. The summed E-state index contributed by atoms with van der Waals surface area (Å²) in [5.74, 6) is -3.36. The molecule has 2 heterocycles. The zero-order valence-electron chi connectivity index (χ0n) is 14.1. The Bertz CT molecular complexity index is 1020. The van der Waals surface area contributed by atoms with Crippen molar-refractivity contribution >= 4 is 40.8 Å². The lowest BCUT2D eigenvalue weighted by atomic mass is 10.2. The summed E-state index contributed by atoms with van der Waals surface area (Å²) in [6, 6.07) is 1.71. The molecule has 2 fully saturated rings. The zero-order chi connectivity index (χ0) is 20.2. The quantitative estimate of drug-likeness (QED) is 0.701. The molecule has 1 saturated heterocycles. The standard InChI is InChI=1S/C16H12ClFN4O5S/c17-11-7(1-2-8(18)12(11)25)13-20-19-9(28-13)5-22-15(27)21(6-10(23)24)14(26)16(22)3-4-16/h1-2,25H,3-6H2,(H,23,24). The lowest BCUT2D eigenvalue weighted by Gasteiger charge is -2.19. The molecular weight excluding hydrogens is 415 g/mol. The molecule has 1 aromatic carbocycles. The predicted octanol–water partition coefficient (Wildman–Crippen LogP) is 2.08. The van der Waals surface area contributed by atoms with Crippen molar-refractivity contribution in [2.24, 2.45) is 0 Å². The maximum atomic E-state index is 13.4. The van der Waals surface area contributed by atoms with Crippen LogP contribution in [0, 0.1) is 5.82 Å². The van der Waals surface area contributed by atoms with Crippen molar-refractivity contribution < 1.29 is 29.0 Å². The monoisotopic (exact) mass is 426 g/mol. The van der Waals surface area contributed by atoms with Gasteiger partial charge in [-0.15, -0.1) is 10.2 Å². The second-order valence-electron chi connectivity index (χ2n) is 6.44. The van der Waals surface area contributed by atoms with Crippen LogP contribution in [0.4, 0.5) is 9.18 Å². The van der Waals surface area contributed by atoms with Gasteiger partial charge in [0.1, 0.15) is 22.1 Å². The van der Waals surface area contributed by atoms with Gasteiger partial charge in [0.15, 0.2) is 11.6 Å². The third-order valence-corrected chi connectivity index (χ3v) is 6.02. The van der Waals surface area contributed by atoms with Gasteiger partial charge in [0.05, 0.1) is 11.6 Å². The second-order valence-corrected chi connectivity index (χ2v) is 7.88. The van der Waals surface area contributed by atoms with Crippen LogP contribution in [0.2, 0.25) is 5.02 Å². The van der Waals surface area contributed by atoms with E-state index in [-0.39, 0.29) is 17.1 Å². The number of carbonyl (C=O) groups excluding carboxylic acids is 2. The number of halogens is 2. The van der Waals surface area contributed by atoms with Gasteiger partial charge in [0.25, 0.3) is 5.91 Å². The molecule has 1 spiro atoms. The summed E-state index contributed by atoms with van der Waals surface area (Å²) >= 11 is 7.02. The number of aliphatic carboxylic acids is 1. The number of amides is 3. The molecule has 1 saturated carbocycles. The van der Waals surface area contributed by atoms with Crippen LogP contribution in [-0.4, -0.2) is 60.2 Å². The number of carboxylic acids is 1. The number of hydrogen-bond donors (Lipinski definition) is 2. The van der Waals surface area contributed by atoms with Crippen molar-refractivity contribution in [2.45, 2.75) is 24.9 Å². The molecule has 1 aromatic heterocycles. The van der Waals surface area contributed by atoms with E-state index in [4.69, 9.17) is 16.7 Å². The highest BCUT2D eigenvalue weighted by Gasteiger charge is 2.65. The average molecular weight is 427 g/mol. The molecule has 0 bridgehead atoms. The Balaban J connectivity index is 1.59. The molecule has 4 rings (SSSR count). The fourth-order valence-electron chi connectivity index (χ4n) is 3.15. The van der Waals surface area contributed by atoms with Gasteiger partial charge >= 0.3 is 12.0 Å². The highest BCUT2D eigenvalue weighted by atomic mass is 35.5. The summed E-state index contributed by atoms with van der Waals surface area (Å²) in [5.41, 5.74) is -0.730. The molecule has 1 aliphatic heterocycles. The minimum Gasteiger partial charge on any atom is -0.504 e. The number of rotatable bonds is 5. The number of aromatic nitrogens is 2. The van der Waals surface area contributed by atoms with Crippen molar-refractivity contribution in [1.29, 1.82) is 0 Å². The summed E-state index contributed by atoms with van der Waals surface area (Å²) < 4.78 is 13.4. The van der Waals surface area contributed by atoms with E-state index in [0.717, 1.165) is 22.3 Å². The number of urea groups is 1. The van der Waals surface area contributed by atoms with Crippen molar-refractivity contribution in [3.8, 4) is 16.3 Å². The number of benzene rings is 1. The highest BCUT2D eigenvalue weighted by molar-refractivity contribution is 7.14. The first-order valence-corrected chi connectivity index (χ1v) is 9.29. The Labute approximate surface area is 166 Å². The van der Waals surface area contributed by atoms with Gasteiger partial charge in [-0.25, -0.2) is 9.18 Å². The number of hydrogen-bond acceptors (Lipinski definition) is 7. The van der Waals surface area contributed by atoms with E-state index in [0.29, 0.717) is 22.9 Å². The van der Waals surface area contributed by atoms with Crippen LogP contribution < -0.4 is 0 Å². The minimum absolute atomic E-state index is 0.0246. The molecule has 2 aliphatic rings. The SMILES string of the molecule is O=C(O)CN1C(=O)N(Cc2nnc(-c3ccc(F)c(O)c3Cl)s2)C2(CC2)C1=O. The molecule has 0 radical (unpaired) electrons. The van der Waals surface area contributed by atoms with Crippen molar-refractivity contribution in [3.63, 3.8) is 0 Å². The number of nitrogens with zero attached hydrogens (tertiary/aromatic N) is 4. The molecule has 146 valence electrons. The van der Waals surface area contributed by atoms with Crippen LogP contribution in [0.5, 0.6) is 5.75 Å². The molecule has 2 aromatic rings. The van der Waals surface area contributed by atoms with E-state index in [2.05, 4.69) is 10.2 Å². The second kappa shape index (κ2) is 6.38. The molecule has 3 amide bonds. The number of carboxylic acid groups (broad SMARTS) is 1. The molecule has 12 heteroatoms. The number of imide groups is 1. The Kier molecular flexibility index (Phi) is 4.23. The Morgan fingerprint density at radius 1 is 1.32 bits per heavy atom. The van der Waals surface area contributed by atoms with E-state index in [1.54, 1.807) is 0 Å². The lowest BCUT2D eigenvalue weighted by Crippen LogP contribution is -2.36. The van der Waals surface area contributed by atoms with Crippen LogP contribution in [0.25, 0.3) is 10.6 Å². The molecule has 28 heavy (non-hydrogen) atoms. The first-order valence-electron chi connectivity index (χ1n) is 8.09. The average Bonchev–Trinajstić information content (AvgIpc) is 3.29. The Morgan fingerprint density at radius 2 is 2.04 bits per heavy atom. The lowest BCUT2D eigenvalue weighted by molar-refractivity contribution is -0.142. The fraction of sp³-hybridized carbons (Fsp3) is 0.312. The first-order chi connectivity index (χ1) is 13.2. The van der Waals surface area contributed by atoms with E-state index in [1.807, 2.05) is 0 Å². The largest absolute Gasteiger partial charge is 0.504 e. The molecule has 9 nitrogen and oxygen atoms in total. The van der Waals surface area contributed by atoms with E-state index in [1.165, 1.54) is 11.0 Å². The third-order valence-electron chi connectivity index (χ3n) is 4.70. The highest BCUT2D eigenvalue weighted by Crippen LogP contribution is 2.49. The zero-order valence-corrected chi connectivity index (χ0v) is 15.6.